The second-order valence-corrected chi connectivity index (χ2v) is 3.84. The van der Waals surface area contributed by atoms with E-state index in [1.807, 2.05) is 35.8 Å². The molecule has 0 fully saturated rings. The quantitative estimate of drug-likeness (QED) is 0.753. The van der Waals surface area contributed by atoms with Crippen LogP contribution in [-0.4, -0.2) is 27.3 Å². The lowest BCUT2D eigenvalue weighted by Gasteiger charge is -2.05. The molecule has 0 aliphatic carbocycles. The summed E-state index contributed by atoms with van der Waals surface area (Å²) in [7, 11) is 0. The van der Waals surface area contributed by atoms with E-state index in [0.717, 1.165) is 11.3 Å². The molecule has 0 saturated heterocycles. The fourth-order valence-electron chi connectivity index (χ4n) is 1.69. The van der Waals surface area contributed by atoms with Crippen molar-refractivity contribution in [2.45, 2.75) is 19.8 Å². The van der Waals surface area contributed by atoms with Crippen LogP contribution >= 0.6 is 0 Å². The minimum Gasteiger partial charge on any atom is -0.466 e. The molecule has 0 saturated carbocycles. The molecule has 0 aliphatic rings. The van der Waals surface area contributed by atoms with Gasteiger partial charge < -0.3 is 4.74 Å². The van der Waals surface area contributed by atoms with Gasteiger partial charge in [0.05, 0.1) is 6.61 Å². The minimum absolute atomic E-state index is 0.160. The van der Waals surface area contributed by atoms with E-state index in [0.29, 0.717) is 19.4 Å². The van der Waals surface area contributed by atoms with Crippen LogP contribution in [0.5, 0.6) is 0 Å². The summed E-state index contributed by atoms with van der Waals surface area (Å²) in [6.45, 7) is 2.24. The Balaban J connectivity index is 2.02. The van der Waals surface area contributed by atoms with Gasteiger partial charge in [-0.05, 0) is 31.0 Å². The van der Waals surface area contributed by atoms with Crippen molar-refractivity contribution >= 4 is 5.97 Å². The Bertz CT molecular complexity index is 509. The second-order valence-electron chi connectivity index (χ2n) is 3.84. The Labute approximate surface area is 105 Å². The van der Waals surface area contributed by atoms with Crippen molar-refractivity contribution in [2.24, 2.45) is 0 Å². The van der Waals surface area contributed by atoms with Crippen molar-refractivity contribution in [1.29, 1.82) is 0 Å². The topological polar surface area (TPSA) is 57.0 Å². The van der Waals surface area contributed by atoms with Gasteiger partial charge in [-0.1, -0.05) is 12.1 Å². The lowest BCUT2D eigenvalue weighted by molar-refractivity contribution is -0.143. The Hall–Kier alpha value is -2.17. The number of carbonyl (C=O) groups excluding carboxylic acids is 1. The summed E-state index contributed by atoms with van der Waals surface area (Å²) in [4.78, 5) is 11.3. The van der Waals surface area contributed by atoms with Crippen LogP contribution in [0.1, 0.15) is 18.9 Å². The third-order valence-electron chi connectivity index (χ3n) is 2.55. The third kappa shape index (κ3) is 3.16. The van der Waals surface area contributed by atoms with Gasteiger partial charge in [0.15, 0.2) is 0 Å². The fraction of sp³-hybridized carbons (Fsp3) is 0.308. The first-order valence-corrected chi connectivity index (χ1v) is 5.89. The summed E-state index contributed by atoms with van der Waals surface area (Å²) >= 11 is 0. The van der Waals surface area contributed by atoms with Crippen molar-refractivity contribution in [3.8, 4) is 5.69 Å². The maximum absolute atomic E-state index is 11.3. The lowest BCUT2D eigenvalue weighted by atomic mass is 10.1. The second kappa shape index (κ2) is 5.95. The molecule has 5 nitrogen and oxygen atoms in total. The average Bonchev–Trinajstić information content (AvgIpc) is 2.91. The number of hydrogen-bond donors (Lipinski definition) is 0. The molecule has 5 heteroatoms. The number of nitrogens with zero attached hydrogens (tertiary/aromatic N) is 3. The first kappa shape index (κ1) is 12.3. The molecule has 94 valence electrons. The van der Waals surface area contributed by atoms with E-state index >= 15 is 0 Å². The summed E-state index contributed by atoms with van der Waals surface area (Å²) in [6.07, 6.45) is 4.36. The molecule has 1 aromatic carbocycles. The summed E-state index contributed by atoms with van der Waals surface area (Å²) in [5.41, 5.74) is 2.08. The third-order valence-corrected chi connectivity index (χ3v) is 2.55. The Morgan fingerprint density at radius 2 is 2.11 bits per heavy atom. The average molecular weight is 245 g/mol. The van der Waals surface area contributed by atoms with E-state index in [9.17, 15) is 4.79 Å². The van der Waals surface area contributed by atoms with Gasteiger partial charge in [0.2, 0.25) is 0 Å². The molecule has 1 aromatic heterocycles. The predicted molar refractivity (Wildman–Crippen MR) is 66.3 cm³/mol. The predicted octanol–water partition coefficient (Wildman–Crippen LogP) is 1.76. The summed E-state index contributed by atoms with van der Waals surface area (Å²) in [5.74, 6) is -0.160. The van der Waals surface area contributed by atoms with Crippen molar-refractivity contribution in [3.63, 3.8) is 0 Å². The lowest BCUT2D eigenvalue weighted by Crippen LogP contribution is -2.05. The molecule has 0 spiro atoms. The molecule has 0 N–H and O–H groups in total. The number of carbonyl (C=O) groups is 1. The zero-order chi connectivity index (χ0) is 12.8. The number of ether oxygens (including phenoxy) is 1. The zero-order valence-corrected chi connectivity index (χ0v) is 10.2. The highest BCUT2D eigenvalue weighted by Gasteiger charge is 2.03. The number of aryl methyl sites for hydroxylation is 1. The molecule has 0 amide bonds. The molecule has 0 radical (unpaired) electrons. The number of benzene rings is 1. The summed E-state index contributed by atoms with van der Waals surface area (Å²) < 4.78 is 6.73. The molecule has 0 atom stereocenters. The molecule has 0 unspecified atom stereocenters. The van der Waals surface area contributed by atoms with Gasteiger partial charge >= 0.3 is 5.97 Å². The number of esters is 1. The maximum Gasteiger partial charge on any atom is 0.306 e. The van der Waals surface area contributed by atoms with Crippen molar-refractivity contribution in [3.05, 3.63) is 42.5 Å². The van der Waals surface area contributed by atoms with Gasteiger partial charge in [0.25, 0.3) is 0 Å². The zero-order valence-electron chi connectivity index (χ0n) is 10.2. The van der Waals surface area contributed by atoms with Gasteiger partial charge in [-0.15, -0.1) is 10.2 Å². The first-order valence-electron chi connectivity index (χ1n) is 5.89. The SMILES string of the molecule is CCOC(=O)CCc1cccc(-n2cnnc2)c1. The van der Waals surface area contributed by atoms with Crippen molar-refractivity contribution in [1.82, 2.24) is 14.8 Å². The Morgan fingerprint density at radius 1 is 1.33 bits per heavy atom. The highest BCUT2D eigenvalue weighted by atomic mass is 16.5. The van der Waals surface area contributed by atoms with Gasteiger partial charge in [0.1, 0.15) is 12.7 Å². The van der Waals surface area contributed by atoms with Crippen LogP contribution in [-0.2, 0) is 16.0 Å². The standard InChI is InChI=1S/C13H15N3O2/c1-2-18-13(17)7-6-11-4-3-5-12(8-11)16-9-14-15-10-16/h3-5,8-10H,2,6-7H2,1H3. The Kier molecular flexibility index (Phi) is 4.06. The van der Waals surface area contributed by atoms with Crippen LogP contribution in [0.3, 0.4) is 0 Å². The molecule has 0 aliphatic heterocycles. The molecule has 2 rings (SSSR count). The normalized spacial score (nSPS) is 10.3. The maximum atomic E-state index is 11.3. The van der Waals surface area contributed by atoms with Crippen LogP contribution in [0.4, 0.5) is 0 Å². The fourth-order valence-corrected chi connectivity index (χ4v) is 1.69. The van der Waals surface area contributed by atoms with Crippen LogP contribution < -0.4 is 0 Å². The van der Waals surface area contributed by atoms with Crippen molar-refractivity contribution < 1.29 is 9.53 Å². The molecule has 1 heterocycles. The molecule has 0 bridgehead atoms. The van der Waals surface area contributed by atoms with Gasteiger partial charge in [0, 0.05) is 12.1 Å². The smallest absolute Gasteiger partial charge is 0.306 e. The van der Waals surface area contributed by atoms with Crippen LogP contribution in [0.2, 0.25) is 0 Å². The van der Waals surface area contributed by atoms with Gasteiger partial charge in [-0.25, -0.2) is 0 Å². The largest absolute Gasteiger partial charge is 0.466 e. The molecule has 18 heavy (non-hydrogen) atoms. The van der Waals surface area contributed by atoms with E-state index in [1.54, 1.807) is 12.7 Å². The van der Waals surface area contributed by atoms with Crippen LogP contribution in [0.25, 0.3) is 5.69 Å². The molecule has 2 aromatic rings. The Morgan fingerprint density at radius 3 is 2.83 bits per heavy atom. The van der Waals surface area contributed by atoms with Crippen molar-refractivity contribution in [2.75, 3.05) is 6.61 Å². The van der Waals surface area contributed by atoms with E-state index in [2.05, 4.69) is 10.2 Å². The number of rotatable bonds is 5. The van der Waals surface area contributed by atoms with E-state index in [4.69, 9.17) is 4.74 Å². The highest BCUT2D eigenvalue weighted by Crippen LogP contribution is 2.11. The molecular weight excluding hydrogens is 230 g/mol. The van der Waals surface area contributed by atoms with Gasteiger partial charge in [-0.2, -0.15) is 0 Å². The number of hydrogen-bond acceptors (Lipinski definition) is 4. The van der Waals surface area contributed by atoms with Gasteiger partial charge in [-0.3, -0.25) is 9.36 Å². The van der Waals surface area contributed by atoms with E-state index in [-0.39, 0.29) is 5.97 Å². The highest BCUT2D eigenvalue weighted by molar-refractivity contribution is 5.69. The molecular formula is C13H15N3O2. The van der Waals surface area contributed by atoms with E-state index in [1.165, 1.54) is 0 Å². The minimum atomic E-state index is -0.160. The summed E-state index contributed by atoms with van der Waals surface area (Å²) in [6, 6.07) is 7.93. The number of aromatic nitrogens is 3. The van der Waals surface area contributed by atoms with Crippen LogP contribution in [0.15, 0.2) is 36.9 Å². The van der Waals surface area contributed by atoms with Crippen LogP contribution in [0, 0.1) is 0 Å². The summed E-state index contributed by atoms with van der Waals surface area (Å²) in [5, 5.41) is 7.53. The monoisotopic (exact) mass is 245 g/mol. The first-order chi connectivity index (χ1) is 8.79. The van der Waals surface area contributed by atoms with E-state index < -0.39 is 0 Å².